The van der Waals surface area contributed by atoms with Crippen molar-refractivity contribution in [2.45, 2.75) is 17.7 Å². The summed E-state index contributed by atoms with van der Waals surface area (Å²) in [4.78, 5) is 37.8. The molecule has 0 bridgehead atoms. The maximum absolute atomic E-state index is 12.8. The number of nitrogens with zero attached hydrogens (tertiary/aromatic N) is 1. The highest BCUT2D eigenvalue weighted by Crippen LogP contribution is 2.22. The molecule has 1 N–H and O–H groups in total. The van der Waals surface area contributed by atoms with Gasteiger partial charge in [-0.25, -0.2) is 13.2 Å². The first-order valence-corrected chi connectivity index (χ1v) is 12.6. The number of carbonyl (C=O) groups excluding carboxylic acids is 3. The average Bonchev–Trinajstić information content (AvgIpc) is 3.44. The lowest BCUT2D eigenvalue weighted by molar-refractivity contribution is -0.119. The van der Waals surface area contributed by atoms with Gasteiger partial charge in [0.1, 0.15) is 0 Å². The van der Waals surface area contributed by atoms with Crippen LogP contribution >= 0.6 is 0 Å². The van der Waals surface area contributed by atoms with Gasteiger partial charge in [-0.15, -0.1) is 0 Å². The Kier molecular flexibility index (Phi) is 7.38. The van der Waals surface area contributed by atoms with Crippen LogP contribution in [0.4, 0.5) is 5.69 Å². The Hall–Kier alpha value is -3.82. The molecule has 1 aliphatic heterocycles. The van der Waals surface area contributed by atoms with E-state index in [1.165, 1.54) is 28.6 Å². The Morgan fingerprint density at radius 2 is 1.49 bits per heavy atom. The minimum Gasteiger partial charge on any atom is -0.452 e. The molecule has 8 nitrogen and oxygen atoms in total. The number of ketones is 1. The summed E-state index contributed by atoms with van der Waals surface area (Å²) >= 11 is 0. The van der Waals surface area contributed by atoms with Crippen LogP contribution in [0.15, 0.2) is 83.8 Å². The van der Waals surface area contributed by atoms with Crippen molar-refractivity contribution in [3.63, 3.8) is 0 Å². The molecular weight excluding hydrogens is 468 g/mol. The molecule has 0 aromatic heterocycles. The minimum absolute atomic E-state index is 0.00616. The number of nitrogens with one attached hydrogen (secondary N) is 1. The predicted octanol–water partition coefficient (Wildman–Crippen LogP) is 3.50. The van der Waals surface area contributed by atoms with Crippen molar-refractivity contribution in [3.05, 3.63) is 95.6 Å². The number of esters is 1. The van der Waals surface area contributed by atoms with E-state index >= 15 is 0 Å². The van der Waals surface area contributed by atoms with Crippen LogP contribution in [-0.4, -0.2) is 50.1 Å². The number of benzene rings is 3. The predicted molar refractivity (Wildman–Crippen MR) is 130 cm³/mol. The van der Waals surface area contributed by atoms with Crippen LogP contribution in [0.5, 0.6) is 0 Å². The van der Waals surface area contributed by atoms with Gasteiger partial charge in [0.2, 0.25) is 10.0 Å². The summed E-state index contributed by atoms with van der Waals surface area (Å²) in [6.45, 7) is 0.298. The summed E-state index contributed by atoms with van der Waals surface area (Å²) in [5, 5.41) is 2.60. The fourth-order valence-electron chi connectivity index (χ4n) is 3.80. The first-order valence-electron chi connectivity index (χ1n) is 11.1. The second-order valence-corrected chi connectivity index (χ2v) is 9.94. The number of ether oxygens (including phenoxy) is 1. The number of anilines is 1. The fourth-order valence-corrected chi connectivity index (χ4v) is 5.36. The van der Waals surface area contributed by atoms with Crippen LogP contribution < -0.4 is 5.32 Å². The van der Waals surface area contributed by atoms with Crippen LogP contribution in [0.3, 0.4) is 0 Å². The summed E-state index contributed by atoms with van der Waals surface area (Å²) in [5.74, 6) is -1.71. The highest BCUT2D eigenvalue weighted by molar-refractivity contribution is 7.89. The molecule has 1 heterocycles. The van der Waals surface area contributed by atoms with Gasteiger partial charge in [-0.3, -0.25) is 9.59 Å². The molecule has 0 aliphatic carbocycles. The van der Waals surface area contributed by atoms with E-state index in [0.717, 1.165) is 12.8 Å². The third kappa shape index (κ3) is 5.64. The third-order valence-electron chi connectivity index (χ3n) is 5.59. The maximum Gasteiger partial charge on any atom is 0.338 e. The van der Waals surface area contributed by atoms with E-state index in [4.69, 9.17) is 4.74 Å². The monoisotopic (exact) mass is 492 g/mol. The number of amides is 1. The van der Waals surface area contributed by atoms with Crippen LogP contribution in [-0.2, 0) is 19.6 Å². The summed E-state index contributed by atoms with van der Waals surface area (Å²) in [7, 11) is -3.69. The molecule has 3 aromatic rings. The zero-order valence-electron chi connectivity index (χ0n) is 18.8. The Balaban J connectivity index is 1.40. The van der Waals surface area contributed by atoms with E-state index in [0.29, 0.717) is 29.9 Å². The largest absolute Gasteiger partial charge is 0.452 e. The summed E-state index contributed by atoms with van der Waals surface area (Å²) in [6.07, 6.45) is 1.60. The van der Waals surface area contributed by atoms with E-state index in [1.54, 1.807) is 54.6 Å². The molecule has 1 aliphatic rings. The van der Waals surface area contributed by atoms with Crippen molar-refractivity contribution in [3.8, 4) is 0 Å². The van der Waals surface area contributed by atoms with Crippen molar-refractivity contribution in [2.24, 2.45) is 0 Å². The van der Waals surface area contributed by atoms with Crippen molar-refractivity contribution in [1.82, 2.24) is 4.31 Å². The lowest BCUT2D eigenvalue weighted by atomic mass is 10.0. The minimum atomic E-state index is -3.69. The molecule has 0 radical (unpaired) electrons. The molecule has 0 atom stereocenters. The van der Waals surface area contributed by atoms with E-state index < -0.39 is 28.5 Å². The molecule has 3 aromatic carbocycles. The number of hydrogen-bond donors (Lipinski definition) is 1. The molecule has 1 fully saturated rings. The molecule has 0 saturated carbocycles. The summed E-state index contributed by atoms with van der Waals surface area (Å²) in [5.41, 5.74) is 1.10. The van der Waals surface area contributed by atoms with E-state index in [2.05, 4.69) is 5.32 Å². The number of hydrogen-bond acceptors (Lipinski definition) is 6. The molecule has 1 saturated heterocycles. The number of sulfonamides is 1. The molecule has 4 rings (SSSR count). The van der Waals surface area contributed by atoms with Crippen molar-refractivity contribution in [1.29, 1.82) is 0 Å². The average molecular weight is 493 g/mol. The third-order valence-corrected chi connectivity index (χ3v) is 7.48. The molecule has 1 amide bonds. The van der Waals surface area contributed by atoms with E-state index in [1.807, 2.05) is 0 Å². The molecule has 0 unspecified atom stereocenters. The van der Waals surface area contributed by atoms with Gasteiger partial charge in [0, 0.05) is 24.2 Å². The quantitative estimate of drug-likeness (QED) is 0.381. The van der Waals surface area contributed by atoms with Crippen molar-refractivity contribution < 1.29 is 27.5 Å². The number of para-hydroxylation sites is 1. The van der Waals surface area contributed by atoms with Gasteiger partial charge in [0.25, 0.3) is 5.91 Å². The van der Waals surface area contributed by atoms with Crippen LogP contribution in [0.2, 0.25) is 0 Å². The number of rotatable bonds is 8. The van der Waals surface area contributed by atoms with E-state index in [9.17, 15) is 22.8 Å². The van der Waals surface area contributed by atoms with Gasteiger partial charge in [0.15, 0.2) is 12.4 Å². The second kappa shape index (κ2) is 10.6. The first-order chi connectivity index (χ1) is 16.9. The Morgan fingerprint density at radius 3 is 2.23 bits per heavy atom. The standard InChI is InChI=1S/C26H24N2O6S/c29-24(27-23-14-5-4-13-22(23)25(30)19-9-2-1-3-10-19)18-34-26(31)20-11-8-12-21(17-20)35(32,33)28-15-6-7-16-28/h1-5,8-14,17H,6-7,15-16,18H2,(H,27,29). The summed E-state index contributed by atoms with van der Waals surface area (Å²) in [6, 6.07) is 20.8. The Bertz CT molecular complexity index is 1350. The Morgan fingerprint density at radius 1 is 0.829 bits per heavy atom. The van der Waals surface area contributed by atoms with Gasteiger partial charge in [-0.2, -0.15) is 4.31 Å². The SMILES string of the molecule is O=C(COC(=O)c1cccc(S(=O)(=O)N2CCCC2)c1)Nc1ccccc1C(=O)c1ccccc1. The zero-order valence-corrected chi connectivity index (χ0v) is 19.7. The lowest BCUT2D eigenvalue weighted by Crippen LogP contribution is -2.28. The van der Waals surface area contributed by atoms with Gasteiger partial charge in [-0.1, -0.05) is 48.5 Å². The fraction of sp³-hybridized carbons (Fsp3) is 0.192. The molecule has 35 heavy (non-hydrogen) atoms. The van der Waals surface area contributed by atoms with E-state index in [-0.39, 0.29) is 16.2 Å². The highest BCUT2D eigenvalue weighted by atomic mass is 32.2. The van der Waals surface area contributed by atoms with Gasteiger partial charge in [-0.05, 0) is 43.2 Å². The van der Waals surface area contributed by atoms with Crippen LogP contribution in [0.25, 0.3) is 0 Å². The highest BCUT2D eigenvalue weighted by Gasteiger charge is 2.28. The lowest BCUT2D eigenvalue weighted by Gasteiger charge is -2.16. The maximum atomic E-state index is 12.8. The Labute approximate surface area is 203 Å². The summed E-state index contributed by atoms with van der Waals surface area (Å²) < 4.78 is 32.0. The molecule has 180 valence electrons. The van der Waals surface area contributed by atoms with Crippen molar-refractivity contribution in [2.75, 3.05) is 25.0 Å². The van der Waals surface area contributed by atoms with Crippen molar-refractivity contribution >= 4 is 33.4 Å². The van der Waals surface area contributed by atoms with Gasteiger partial charge >= 0.3 is 5.97 Å². The second-order valence-electron chi connectivity index (χ2n) is 8.00. The first kappa shape index (κ1) is 24.3. The molecule has 0 spiro atoms. The van der Waals surface area contributed by atoms with Crippen LogP contribution in [0, 0.1) is 0 Å². The molecular formula is C26H24N2O6S. The normalized spacial score (nSPS) is 13.8. The topological polar surface area (TPSA) is 110 Å². The van der Waals surface area contributed by atoms with Gasteiger partial charge in [0.05, 0.1) is 16.1 Å². The van der Waals surface area contributed by atoms with Crippen LogP contribution in [0.1, 0.15) is 39.1 Å². The smallest absolute Gasteiger partial charge is 0.338 e. The number of carbonyl (C=O) groups is 3. The molecule has 9 heteroatoms. The zero-order chi connectivity index (χ0) is 24.8. The van der Waals surface area contributed by atoms with Gasteiger partial charge < -0.3 is 10.1 Å².